The first-order valence-electron chi connectivity index (χ1n) is 11.2. The fourth-order valence-corrected chi connectivity index (χ4v) is 4.19. The van der Waals surface area contributed by atoms with Gasteiger partial charge in [-0.05, 0) is 67.5 Å². The van der Waals surface area contributed by atoms with Crippen molar-refractivity contribution in [1.82, 2.24) is 9.97 Å². The third-order valence-corrected chi connectivity index (χ3v) is 5.92. The highest BCUT2D eigenvalue weighted by atomic mass is 16.5. The number of hydrogen-bond acceptors (Lipinski definition) is 6. The Labute approximate surface area is 193 Å². The van der Waals surface area contributed by atoms with E-state index in [2.05, 4.69) is 21.4 Å². The Balaban J connectivity index is 1.29. The topological polar surface area (TPSA) is 93.6 Å². The Morgan fingerprint density at radius 3 is 2.91 bits per heavy atom. The predicted molar refractivity (Wildman–Crippen MR) is 127 cm³/mol. The van der Waals surface area contributed by atoms with E-state index in [1.165, 1.54) is 5.56 Å². The molecule has 0 unspecified atom stereocenters. The molecular formula is C26H29N3O4. The number of fused-ring (bicyclic) bond motifs is 1. The van der Waals surface area contributed by atoms with Crippen LogP contribution in [0.2, 0.25) is 0 Å². The average molecular weight is 448 g/mol. The Morgan fingerprint density at radius 2 is 2.09 bits per heavy atom. The third kappa shape index (κ3) is 5.61. The summed E-state index contributed by atoms with van der Waals surface area (Å²) in [6.07, 6.45) is 4.64. The van der Waals surface area contributed by atoms with Crippen molar-refractivity contribution in [3.05, 3.63) is 65.4 Å². The number of aromatic nitrogens is 2. The number of aliphatic carboxylic acids is 1. The predicted octanol–water partition coefficient (Wildman–Crippen LogP) is 4.85. The van der Waals surface area contributed by atoms with Gasteiger partial charge in [0.05, 0.1) is 20.1 Å². The molecule has 2 aromatic carbocycles. The Morgan fingerprint density at radius 1 is 1.21 bits per heavy atom. The number of nitrogens with zero attached hydrogens (tertiary/aromatic N) is 2. The molecule has 0 bridgehead atoms. The van der Waals surface area contributed by atoms with Gasteiger partial charge < -0.3 is 19.9 Å². The second kappa shape index (κ2) is 10.3. The second-order valence-corrected chi connectivity index (χ2v) is 8.28. The molecule has 0 fully saturated rings. The lowest BCUT2D eigenvalue weighted by molar-refractivity contribution is -0.137. The van der Waals surface area contributed by atoms with Gasteiger partial charge in [0.25, 0.3) is 0 Å². The maximum absolute atomic E-state index is 11.0. The van der Waals surface area contributed by atoms with Crippen molar-refractivity contribution in [3.8, 4) is 22.9 Å². The van der Waals surface area contributed by atoms with Crippen molar-refractivity contribution in [2.24, 2.45) is 0 Å². The fraction of sp³-hybridized carbons (Fsp3) is 0.346. The monoisotopic (exact) mass is 447 g/mol. The van der Waals surface area contributed by atoms with Crippen molar-refractivity contribution in [1.29, 1.82) is 0 Å². The van der Waals surface area contributed by atoms with Crippen molar-refractivity contribution >= 4 is 11.8 Å². The third-order valence-electron chi connectivity index (χ3n) is 5.92. The number of hydrogen-bond donors (Lipinski definition) is 2. The highest BCUT2D eigenvalue weighted by Crippen LogP contribution is 2.37. The van der Waals surface area contributed by atoms with Gasteiger partial charge in [-0.25, -0.2) is 9.97 Å². The minimum atomic E-state index is -0.741. The number of carboxylic acids is 1. The number of rotatable bonds is 10. The SMILES string of the molecule is COc1cccc(-c2ncc(C)c(NCCCOc3ccc4c(c3)CC[C@H]4CC(=O)O)n2)c1. The van der Waals surface area contributed by atoms with E-state index in [1.54, 1.807) is 7.11 Å². The molecule has 7 heteroatoms. The van der Waals surface area contributed by atoms with Gasteiger partial charge in [0.15, 0.2) is 5.82 Å². The number of ether oxygens (including phenoxy) is 2. The van der Waals surface area contributed by atoms with E-state index in [0.717, 1.165) is 59.8 Å². The van der Waals surface area contributed by atoms with Crippen LogP contribution in [0.15, 0.2) is 48.7 Å². The van der Waals surface area contributed by atoms with E-state index in [1.807, 2.05) is 49.5 Å². The molecule has 0 saturated heterocycles. The molecule has 0 spiro atoms. The largest absolute Gasteiger partial charge is 0.497 e. The minimum absolute atomic E-state index is 0.119. The summed E-state index contributed by atoms with van der Waals surface area (Å²) >= 11 is 0. The van der Waals surface area contributed by atoms with Gasteiger partial charge in [-0.2, -0.15) is 0 Å². The summed E-state index contributed by atoms with van der Waals surface area (Å²) in [6.45, 7) is 3.29. The van der Waals surface area contributed by atoms with Crippen LogP contribution in [-0.4, -0.2) is 41.3 Å². The molecule has 1 aromatic heterocycles. The van der Waals surface area contributed by atoms with E-state index >= 15 is 0 Å². The van der Waals surface area contributed by atoms with Gasteiger partial charge in [-0.1, -0.05) is 18.2 Å². The summed E-state index contributed by atoms with van der Waals surface area (Å²) in [5.41, 5.74) is 4.25. The molecule has 1 aliphatic rings. The van der Waals surface area contributed by atoms with Gasteiger partial charge in [0.1, 0.15) is 17.3 Å². The maximum atomic E-state index is 11.0. The first kappa shape index (κ1) is 22.6. The lowest BCUT2D eigenvalue weighted by Gasteiger charge is -2.12. The quantitative estimate of drug-likeness (QED) is 0.429. The molecular weight excluding hydrogens is 418 g/mol. The lowest BCUT2D eigenvalue weighted by Crippen LogP contribution is -2.10. The number of carbonyl (C=O) groups is 1. The highest BCUT2D eigenvalue weighted by Gasteiger charge is 2.24. The van der Waals surface area contributed by atoms with Crippen molar-refractivity contribution < 1.29 is 19.4 Å². The Kier molecular flexibility index (Phi) is 7.07. The van der Waals surface area contributed by atoms with Crippen LogP contribution in [-0.2, 0) is 11.2 Å². The molecule has 172 valence electrons. The number of aryl methyl sites for hydroxylation is 2. The molecule has 0 radical (unpaired) electrons. The van der Waals surface area contributed by atoms with Gasteiger partial charge in [0.2, 0.25) is 0 Å². The second-order valence-electron chi connectivity index (χ2n) is 8.28. The van der Waals surface area contributed by atoms with Crippen LogP contribution < -0.4 is 14.8 Å². The highest BCUT2D eigenvalue weighted by molar-refractivity contribution is 5.68. The standard InChI is InChI=1S/C26H29N3O4/c1-17-16-28-26(20-5-3-6-21(14-20)32-2)29-25(17)27-11-4-12-33-22-9-10-23-18(13-22)7-8-19(23)15-24(30)31/h3,5-6,9-10,13-14,16,19H,4,7-8,11-12,15H2,1-2H3,(H,30,31)(H,27,28,29)/t19-/m0/s1. The minimum Gasteiger partial charge on any atom is -0.497 e. The summed E-state index contributed by atoms with van der Waals surface area (Å²) in [6, 6.07) is 13.7. The van der Waals surface area contributed by atoms with Crippen LogP contribution in [0.1, 0.15) is 41.9 Å². The Bertz CT molecular complexity index is 1130. The number of anilines is 1. The first-order valence-corrected chi connectivity index (χ1v) is 11.2. The van der Waals surface area contributed by atoms with Crippen molar-refractivity contribution in [2.75, 3.05) is 25.6 Å². The molecule has 0 amide bonds. The summed E-state index contributed by atoms with van der Waals surface area (Å²) in [7, 11) is 1.64. The summed E-state index contributed by atoms with van der Waals surface area (Å²) in [5.74, 6) is 2.45. The summed E-state index contributed by atoms with van der Waals surface area (Å²) < 4.78 is 11.2. The van der Waals surface area contributed by atoms with Crippen molar-refractivity contribution in [3.63, 3.8) is 0 Å². The van der Waals surface area contributed by atoms with Gasteiger partial charge in [-0.3, -0.25) is 4.79 Å². The van der Waals surface area contributed by atoms with Gasteiger partial charge in [0, 0.05) is 23.9 Å². The molecule has 0 aliphatic heterocycles. The maximum Gasteiger partial charge on any atom is 0.303 e. The summed E-state index contributed by atoms with van der Waals surface area (Å²) in [4.78, 5) is 20.2. The molecule has 3 aromatic rings. The zero-order valence-corrected chi connectivity index (χ0v) is 19.0. The van der Waals surface area contributed by atoms with Crippen LogP contribution in [0.4, 0.5) is 5.82 Å². The number of benzene rings is 2. The molecule has 1 atom stereocenters. The van der Waals surface area contributed by atoms with E-state index < -0.39 is 5.97 Å². The number of nitrogens with one attached hydrogen (secondary N) is 1. The van der Waals surface area contributed by atoms with Crippen molar-refractivity contribution in [2.45, 2.75) is 38.5 Å². The van der Waals surface area contributed by atoms with Crippen LogP contribution in [0.5, 0.6) is 11.5 Å². The van der Waals surface area contributed by atoms with E-state index in [9.17, 15) is 4.79 Å². The molecule has 33 heavy (non-hydrogen) atoms. The molecule has 0 saturated carbocycles. The van der Waals surface area contributed by atoms with Crippen LogP contribution in [0.3, 0.4) is 0 Å². The average Bonchev–Trinajstić information content (AvgIpc) is 3.21. The fourth-order valence-electron chi connectivity index (χ4n) is 4.19. The molecule has 1 aliphatic carbocycles. The molecule has 4 rings (SSSR count). The van der Waals surface area contributed by atoms with Crippen LogP contribution >= 0.6 is 0 Å². The van der Waals surface area contributed by atoms with Crippen LogP contribution in [0, 0.1) is 6.92 Å². The van der Waals surface area contributed by atoms with E-state index in [-0.39, 0.29) is 12.3 Å². The zero-order chi connectivity index (χ0) is 23.2. The molecule has 7 nitrogen and oxygen atoms in total. The number of carboxylic acid groups (broad SMARTS) is 1. The van der Waals surface area contributed by atoms with Crippen LogP contribution in [0.25, 0.3) is 11.4 Å². The van der Waals surface area contributed by atoms with Gasteiger partial charge >= 0.3 is 5.97 Å². The molecule has 2 N–H and O–H groups in total. The molecule has 1 heterocycles. The Hall–Kier alpha value is -3.61. The number of methoxy groups -OCH3 is 1. The smallest absolute Gasteiger partial charge is 0.303 e. The lowest BCUT2D eigenvalue weighted by atomic mass is 9.98. The van der Waals surface area contributed by atoms with E-state index in [4.69, 9.17) is 14.6 Å². The zero-order valence-electron chi connectivity index (χ0n) is 19.0. The normalized spacial score (nSPS) is 14.5. The van der Waals surface area contributed by atoms with E-state index in [0.29, 0.717) is 12.4 Å². The van der Waals surface area contributed by atoms with Gasteiger partial charge in [-0.15, -0.1) is 0 Å². The summed E-state index contributed by atoms with van der Waals surface area (Å²) in [5, 5.41) is 12.5. The first-order chi connectivity index (χ1) is 16.0.